The number of carbonyl (C=O) groups is 2. The fourth-order valence-corrected chi connectivity index (χ4v) is 6.45. The van der Waals surface area contributed by atoms with Crippen LogP contribution in [0.15, 0.2) is 48.1 Å². The van der Waals surface area contributed by atoms with Gasteiger partial charge in [0.15, 0.2) is 5.79 Å². The molecule has 196 valence electrons. The molecule has 1 aromatic carbocycles. The number of fused-ring (bicyclic) bond motifs is 2. The highest BCUT2D eigenvalue weighted by molar-refractivity contribution is 8.13. The lowest BCUT2D eigenvalue weighted by Gasteiger charge is -2.48. The third-order valence-corrected chi connectivity index (χ3v) is 8.24. The monoisotopic (exact) mass is 514 g/mol. The van der Waals surface area contributed by atoms with E-state index in [0.717, 1.165) is 55.4 Å². The fraction of sp³-hybridized carbons (Fsp3) is 0.571. The molecule has 2 fully saturated rings. The van der Waals surface area contributed by atoms with Gasteiger partial charge in [-0.2, -0.15) is 0 Å². The van der Waals surface area contributed by atoms with Crippen molar-refractivity contribution in [3.05, 3.63) is 53.6 Å². The Balaban J connectivity index is 1.58. The van der Waals surface area contributed by atoms with E-state index in [1.54, 1.807) is 20.3 Å². The molecule has 2 saturated heterocycles. The first-order valence-corrected chi connectivity index (χ1v) is 13.8. The molecule has 0 aromatic heterocycles. The zero-order valence-electron chi connectivity index (χ0n) is 21.5. The molecule has 1 aromatic rings. The number of amides is 2. The van der Waals surface area contributed by atoms with Crippen molar-refractivity contribution in [2.24, 2.45) is 0 Å². The van der Waals surface area contributed by atoms with Crippen LogP contribution in [0.25, 0.3) is 0 Å². The molecule has 0 aliphatic carbocycles. The first-order valence-electron chi connectivity index (χ1n) is 12.8. The molecule has 8 heteroatoms. The molecule has 0 radical (unpaired) electrons. The minimum Gasteiger partial charge on any atom is -0.497 e. The predicted octanol–water partition coefficient (Wildman–Crippen LogP) is 5.21. The van der Waals surface area contributed by atoms with Crippen LogP contribution in [0.4, 0.5) is 4.79 Å². The molecule has 2 bridgehead atoms. The van der Waals surface area contributed by atoms with Gasteiger partial charge in [-0.3, -0.25) is 9.59 Å². The molecule has 7 nitrogen and oxygen atoms in total. The van der Waals surface area contributed by atoms with E-state index < -0.39 is 5.79 Å². The second-order valence-corrected chi connectivity index (χ2v) is 10.9. The molecule has 4 rings (SSSR count). The third kappa shape index (κ3) is 6.52. The summed E-state index contributed by atoms with van der Waals surface area (Å²) in [5.74, 6) is 0.300. The Morgan fingerprint density at radius 1 is 1.17 bits per heavy atom. The van der Waals surface area contributed by atoms with Gasteiger partial charge < -0.3 is 24.4 Å². The maximum atomic E-state index is 13.0. The van der Waals surface area contributed by atoms with Gasteiger partial charge >= 0.3 is 0 Å². The smallest absolute Gasteiger partial charge is 0.282 e. The first kappa shape index (κ1) is 26.8. The van der Waals surface area contributed by atoms with Crippen LogP contribution in [-0.2, 0) is 20.8 Å². The molecule has 0 saturated carbocycles. The fourth-order valence-electron chi connectivity index (χ4n) is 5.36. The quantitative estimate of drug-likeness (QED) is 0.544. The summed E-state index contributed by atoms with van der Waals surface area (Å²) in [4.78, 5) is 27.7. The van der Waals surface area contributed by atoms with Crippen LogP contribution in [0, 0.1) is 0 Å². The average Bonchev–Trinajstić information content (AvgIpc) is 3.23. The van der Waals surface area contributed by atoms with Gasteiger partial charge in [0.2, 0.25) is 5.91 Å². The van der Waals surface area contributed by atoms with Crippen molar-refractivity contribution in [1.82, 2.24) is 10.2 Å². The Hall–Kier alpha value is -2.29. The molecule has 1 unspecified atom stereocenters. The molecule has 36 heavy (non-hydrogen) atoms. The summed E-state index contributed by atoms with van der Waals surface area (Å²) < 4.78 is 18.1. The van der Waals surface area contributed by atoms with Crippen molar-refractivity contribution >= 4 is 22.9 Å². The lowest BCUT2D eigenvalue weighted by molar-refractivity contribution is -0.294. The Morgan fingerprint density at radius 2 is 1.94 bits per heavy atom. The molecule has 3 aliphatic rings. The Labute approximate surface area is 218 Å². The van der Waals surface area contributed by atoms with Crippen molar-refractivity contribution in [2.75, 3.05) is 20.0 Å². The molecular weight excluding hydrogens is 476 g/mol. The summed E-state index contributed by atoms with van der Waals surface area (Å²) >= 11 is 1.30. The van der Waals surface area contributed by atoms with Crippen molar-refractivity contribution in [3.8, 4) is 5.75 Å². The Morgan fingerprint density at radius 3 is 2.69 bits per heavy atom. The van der Waals surface area contributed by atoms with Crippen molar-refractivity contribution in [3.63, 3.8) is 0 Å². The van der Waals surface area contributed by atoms with Crippen molar-refractivity contribution < 1.29 is 23.8 Å². The normalized spacial score (nSPS) is 32.2. The number of nitrogens with one attached hydrogen (secondary N) is 1. The van der Waals surface area contributed by atoms with E-state index in [4.69, 9.17) is 14.2 Å². The number of methoxy groups -OCH3 is 2. The van der Waals surface area contributed by atoms with Gasteiger partial charge in [0, 0.05) is 37.9 Å². The lowest BCUT2D eigenvalue weighted by Crippen LogP contribution is -2.62. The molecule has 4 atom stereocenters. The second kappa shape index (κ2) is 12.3. The van der Waals surface area contributed by atoms with Gasteiger partial charge in [0.05, 0.1) is 19.3 Å². The number of ether oxygens (including phenoxy) is 3. The molecule has 3 aliphatic heterocycles. The summed E-state index contributed by atoms with van der Waals surface area (Å²) in [6, 6.07) is 7.41. The zero-order chi connectivity index (χ0) is 25.5. The highest BCUT2D eigenvalue weighted by atomic mass is 32.2. The molecular formula is C28H38N2O5S. The zero-order valence-corrected chi connectivity index (χ0v) is 22.4. The van der Waals surface area contributed by atoms with Gasteiger partial charge in [0.1, 0.15) is 5.75 Å². The van der Waals surface area contributed by atoms with Crippen LogP contribution in [0.3, 0.4) is 0 Å². The topological polar surface area (TPSA) is 77.1 Å². The van der Waals surface area contributed by atoms with Gasteiger partial charge in [-0.15, -0.1) is 0 Å². The number of hydrogen-bond acceptors (Lipinski definition) is 6. The molecule has 3 heterocycles. The minimum atomic E-state index is -0.988. The van der Waals surface area contributed by atoms with Gasteiger partial charge in [-0.05, 0) is 63.1 Å². The number of hydrogen-bond donors (Lipinski definition) is 1. The van der Waals surface area contributed by atoms with E-state index in [-0.39, 0.29) is 29.3 Å². The SMILES string of the molecule is COc1ccc(CN2C(=O)SC[C@@H]2[C@@]2(OC)C[C@H]3CC(CCC/C=C/CC/C(C)=C\C(=O)N3)O2)cc1. The second-order valence-electron chi connectivity index (χ2n) is 9.90. The number of allylic oxidation sites excluding steroid dienone is 3. The average molecular weight is 515 g/mol. The summed E-state index contributed by atoms with van der Waals surface area (Å²) in [6.45, 7) is 2.47. The lowest BCUT2D eigenvalue weighted by atomic mass is 9.89. The molecule has 0 spiro atoms. The number of thioether (sulfide) groups is 1. The van der Waals surface area contributed by atoms with Crippen LogP contribution >= 0.6 is 11.8 Å². The van der Waals surface area contributed by atoms with E-state index in [2.05, 4.69) is 17.5 Å². The maximum Gasteiger partial charge on any atom is 0.282 e. The van der Waals surface area contributed by atoms with Crippen LogP contribution in [-0.4, -0.2) is 60.0 Å². The van der Waals surface area contributed by atoms with Crippen LogP contribution in [0.1, 0.15) is 57.4 Å². The van der Waals surface area contributed by atoms with E-state index in [9.17, 15) is 9.59 Å². The van der Waals surface area contributed by atoms with Crippen LogP contribution in [0.5, 0.6) is 5.75 Å². The standard InChI is InChI=1S/C28H38N2O5S/c1-20-9-7-5-4-6-8-10-24-16-22(29-26(31)15-20)17-28(34-3,35-24)25-19-36-27(32)30(25)18-21-11-13-23(33-2)14-12-21/h4-5,11-15,22,24-25H,6-10,16-19H2,1-3H3,(H,29,31)/b5-4+,20-15-/t22-,24?,25-,28-/m1/s1. The highest BCUT2D eigenvalue weighted by Gasteiger charge is 2.53. The summed E-state index contributed by atoms with van der Waals surface area (Å²) in [5, 5.41) is 3.23. The summed E-state index contributed by atoms with van der Waals surface area (Å²) in [6.07, 6.45) is 12.0. The number of nitrogens with zero attached hydrogens (tertiary/aromatic N) is 1. The number of rotatable bonds is 5. The molecule has 1 N–H and O–H groups in total. The van der Waals surface area contributed by atoms with Gasteiger partial charge in [-0.1, -0.05) is 41.6 Å². The number of carbonyl (C=O) groups excluding carboxylic acids is 2. The number of benzene rings is 1. The minimum absolute atomic E-state index is 0.0180. The van der Waals surface area contributed by atoms with E-state index in [1.165, 1.54) is 11.8 Å². The van der Waals surface area contributed by atoms with Crippen LogP contribution < -0.4 is 10.1 Å². The largest absolute Gasteiger partial charge is 0.497 e. The van der Waals surface area contributed by atoms with Crippen molar-refractivity contribution in [1.29, 1.82) is 0 Å². The van der Waals surface area contributed by atoms with Gasteiger partial charge in [0.25, 0.3) is 5.24 Å². The predicted molar refractivity (Wildman–Crippen MR) is 142 cm³/mol. The van der Waals surface area contributed by atoms with Gasteiger partial charge in [-0.25, -0.2) is 0 Å². The first-order chi connectivity index (χ1) is 17.4. The molecule has 2 amide bonds. The summed E-state index contributed by atoms with van der Waals surface area (Å²) in [5.41, 5.74) is 2.08. The maximum absolute atomic E-state index is 13.0. The van der Waals surface area contributed by atoms with E-state index in [0.29, 0.717) is 18.7 Å². The Bertz CT molecular complexity index is 979. The highest BCUT2D eigenvalue weighted by Crippen LogP contribution is 2.42. The Kier molecular flexibility index (Phi) is 9.14. The van der Waals surface area contributed by atoms with Crippen LogP contribution in [0.2, 0.25) is 0 Å². The summed E-state index contributed by atoms with van der Waals surface area (Å²) in [7, 11) is 3.30. The van der Waals surface area contributed by atoms with Crippen molar-refractivity contribution in [2.45, 2.75) is 82.4 Å². The van der Waals surface area contributed by atoms with E-state index in [1.807, 2.05) is 36.1 Å². The third-order valence-electron chi connectivity index (χ3n) is 7.28. The van der Waals surface area contributed by atoms with E-state index >= 15 is 0 Å².